The van der Waals surface area contributed by atoms with Crippen molar-refractivity contribution in [1.82, 2.24) is 19.8 Å². The van der Waals surface area contributed by atoms with Gasteiger partial charge < -0.3 is 19.7 Å². The molecule has 3 heterocycles. The third kappa shape index (κ3) is 7.12. The van der Waals surface area contributed by atoms with Crippen LogP contribution in [0.25, 0.3) is 0 Å². The van der Waals surface area contributed by atoms with Crippen LogP contribution in [0.3, 0.4) is 0 Å². The molecule has 1 saturated heterocycles. The molecule has 0 unspecified atom stereocenters. The summed E-state index contributed by atoms with van der Waals surface area (Å²) in [4.78, 5) is 39.4. The quantitative estimate of drug-likeness (QED) is 0.551. The molecule has 2 aliphatic heterocycles. The summed E-state index contributed by atoms with van der Waals surface area (Å²) < 4.78 is 10.8. The number of amides is 2. The molecule has 38 heavy (non-hydrogen) atoms. The summed E-state index contributed by atoms with van der Waals surface area (Å²) in [5.74, 6) is 1.37. The zero-order chi connectivity index (χ0) is 27.4. The summed E-state index contributed by atoms with van der Waals surface area (Å²) in [5, 5.41) is 3.37. The topological polar surface area (TPSA) is 100 Å². The van der Waals surface area contributed by atoms with E-state index in [2.05, 4.69) is 65.2 Å². The van der Waals surface area contributed by atoms with Gasteiger partial charge in [-0.1, -0.05) is 38.1 Å². The van der Waals surface area contributed by atoms with Crippen LogP contribution in [0.1, 0.15) is 64.3 Å². The van der Waals surface area contributed by atoms with Gasteiger partial charge in [0.25, 0.3) is 0 Å². The van der Waals surface area contributed by atoms with E-state index >= 15 is 0 Å². The Labute approximate surface area is 225 Å². The third-order valence-electron chi connectivity index (χ3n) is 6.47. The molecule has 2 aliphatic rings. The Morgan fingerprint density at radius 2 is 1.79 bits per heavy atom. The van der Waals surface area contributed by atoms with E-state index in [0.29, 0.717) is 31.4 Å². The number of cyclic esters (lactones) is 1. The van der Waals surface area contributed by atoms with Gasteiger partial charge in [0.2, 0.25) is 5.95 Å². The van der Waals surface area contributed by atoms with Crippen molar-refractivity contribution in [3.05, 3.63) is 47.2 Å². The second kappa shape index (κ2) is 11.6. The zero-order valence-electron chi connectivity index (χ0n) is 23.4. The number of fused-ring (bicyclic) bond motifs is 1. The smallest absolute Gasteiger partial charge is 0.415 e. The highest BCUT2D eigenvalue weighted by molar-refractivity contribution is 5.89. The van der Waals surface area contributed by atoms with E-state index in [1.165, 1.54) is 5.56 Å². The largest absolute Gasteiger partial charge is 0.444 e. The summed E-state index contributed by atoms with van der Waals surface area (Å²) in [6.45, 7) is 16.4. The number of carbonyl (C=O) groups is 2. The fourth-order valence-electron chi connectivity index (χ4n) is 4.49. The number of carbonyl (C=O) groups excluding carboxylic acids is 2. The van der Waals surface area contributed by atoms with Crippen molar-refractivity contribution in [3.8, 4) is 0 Å². The normalized spacial score (nSPS) is 17.2. The van der Waals surface area contributed by atoms with Gasteiger partial charge in [-0.3, -0.25) is 9.80 Å². The van der Waals surface area contributed by atoms with Gasteiger partial charge in [0.05, 0.1) is 11.6 Å². The summed E-state index contributed by atoms with van der Waals surface area (Å²) in [7, 11) is 0. The first kappa shape index (κ1) is 27.6. The van der Waals surface area contributed by atoms with E-state index in [9.17, 15) is 9.59 Å². The Bertz CT molecular complexity index is 1120. The number of benzene rings is 1. The predicted octanol–water partition coefficient (Wildman–Crippen LogP) is 4.82. The van der Waals surface area contributed by atoms with Crippen molar-refractivity contribution >= 4 is 24.0 Å². The Morgan fingerprint density at radius 1 is 1.11 bits per heavy atom. The van der Waals surface area contributed by atoms with Crippen LogP contribution in [0.15, 0.2) is 30.5 Å². The summed E-state index contributed by atoms with van der Waals surface area (Å²) in [6.07, 6.45) is 1.12. The van der Waals surface area contributed by atoms with E-state index < -0.39 is 5.60 Å². The molecule has 1 atom stereocenters. The van der Waals surface area contributed by atoms with Gasteiger partial charge in [0, 0.05) is 45.5 Å². The second-order valence-corrected chi connectivity index (χ2v) is 11.5. The number of ether oxygens (including phenoxy) is 2. The summed E-state index contributed by atoms with van der Waals surface area (Å²) in [5.41, 5.74) is 2.67. The monoisotopic (exact) mass is 524 g/mol. The minimum absolute atomic E-state index is 0.0198. The van der Waals surface area contributed by atoms with E-state index in [4.69, 9.17) is 9.47 Å². The van der Waals surface area contributed by atoms with Crippen LogP contribution in [-0.4, -0.2) is 70.3 Å². The van der Waals surface area contributed by atoms with Gasteiger partial charge in [-0.15, -0.1) is 0 Å². The Balaban J connectivity index is 1.32. The van der Waals surface area contributed by atoms with Gasteiger partial charge in [0.15, 0.2) is 0 Å². The van der Waals surface area contributed by atoms with Crippen LogP contribution < -0.4 is 10.2 Å². The first-order chi connectivity index (χ1) is 18.0. The van der Waals surface area contributed by atoms with Gasteiger partial charge in [-0.2, -0.15) is 4.98 Å². The minimum Gasteiger partial charge on any atom is -0.444 e. The van der Waals surface area contributed by atoms with E-state index in [0.717, 1.165) is 30.8 Å². The van der Waals surface area contributed by atoms with Gasteiger partial charge in [0.1, 0.15) is 18.0 Å². The Kier molecular flexibility index (Phi) is 8.40. The van der Waals surface area contributed by atoms with Gasteiger partial charge >= 0.3 is 12.2 Å². The van der Waals surface area contributed by atoms with Crippen LogP contribution in [-0.2, 0) is 22.6 Å². The van der Waals surface area contributed by atoms with E-state index in [1.807, 2.05) is 20.8 Å². The first-order valence-corrected chi connectivity index (χ1v) is 13.3. The molecule has 2 aromatic rings. The SMILES string of the molecule is CC(C)CN1C(=O)OCc2cnc(N[C@@H](C)c3ccc(CN4CCN(C(=O)OC(C)(C)C)CC4)cc3)nc21. The fourth-order valence-corrected chi connectivity index (χ4v) is 4.49. The summed E-state index contributed by atoms with van der Waals surface area (Å²) in [6, 6.07) is 8.49. The number of hydrogen-bond acceptors (Lipinski definition) is 8. The fraction of sp³-hybridized carbons (Fsp3) is 0.571. The standard InChI is InChI=1S/C28H40N6O4/c1-19(2)16-34-24-23(18-37-27(34)36)15-29-25(31-24)30-20(3)22-9-7-21(8-10-22)17-32-11-13-33(14-12-32)26(35)38-28(4,5)6/h7-10,15,19-20H,11-14,16-18H2,1-6H3,(H,29,30,31)/t20-/m0/s1. The number of nitrogens with zero attached hydrogens (tertiary/aromatic N) is 5. The highest BCUT2D eigenvalue weighted by Crippen LogP contribution is 2.27. The highest BCUT2D eigenvalue weighted by Gasteiger charge is 2.29. The maximum atomic E-state index is 12.3. The first-order valence-electron chi connectivity index (χ1n) is 13.3. The zero-order valence-corrected chi connectivity index (χ0v) is 23.4. The van der Waals surface area contributed by atoms with Crippen molar-refractivity contribution in [1.29, 1.82) is 0 Å². The molecule has 10 heteroatoms. The van der Waals surface area contributed by atoms with Crippen molar-refractivity contribution in [2.45, 2.75) is 66.3 Å². The van der Waals surface area contributed by atoms with Crippen molar-refractivity contribution in [2.24, 2.45) is 5.92 Å². The van der Waals surface area contributed by atoms with Crippen LogP contribution >= 0.6 is 0 Å². The minimum atomic E-state index is -0.476. The van der Waals surface area contributed by atoms with Gasteiger partial charge in [-0.05, 0) is 44.7 Å². The summed E-state index contributed by atoms with van der Waals surface area (Å²) >= 11 is 0. The van der Waals surface area contributed by atoms with Crippen LogP contribution in [0.2, 0.25) is 0 Å². The average molecular weight is 525 g/mol. The predicted molar refractivity (Wildman–Crippen MR) is 146 cm³/mol. The highest BCUT2D eigenvalue weighted by atomic mass is 16.6. The molecule has 0 aliphatic carbocycles. The van der Waals surface area contributed by atoms with Gasteiger partial charge in [-0.25, -0.2) is 14.6 Å². The molecule has 2 amide bonds. The maximum absolute atomic E-state index is 12.3. The number of aromatic nitrogens is 2. The Morgan fingerprint density at radius 3 is 2.42 bits per heavy atom. The van der Waals surface area contributed by atoms with Crippen molar-refractivity contribution < 1.29 is 19.1 Å². The molecule has 10 nitrogen and oxygen atoms in total. The molecule has 0 saturated carbocycles. The van der Waals surface area contributed by atoms with Crippen molar-refractivity contribution in [2.75, 3.05) is 42.9 Å². The molecule has 0 spiro atoms. The van der Waals surface area contributed by atoms with Crippen LogP contribution in [0.4, 0.5) is 21.4 Å². The van der Waals surface area contributed by atoms with E-state index in [-0.39, 0.29) is 30.8 Å². The molecule has 1 fully saturated rings. The number of rotatable bonds is 7. The molecule has 0 bridgehead atoms. The van der Waals surface area contributed by atoms with Crippen LogP contribution in [0, 0.1) is 5.92 Å². The molecule has 1 aromatic heterocycles. The molecule has 1 N–H and O–H groups in total. The lowest BCUT2D eigenvalue weighted by molar-refractivity contribution is 0.0139. The number of hydrogen-bond donors (Lipinski definition) is 1. The maximum Gasteiger partial charge on any atom is 0.415 e. The van der Waals surface area contributed by atoms with Crippen molar-refractivity contribution in [3.63, 3.8) is 0 Å². The average Bonchev–Trinajstić information content (AvgIpc) is 2.85. The Hall–Kier alpha value is -3.40. The van der Waals surface area contributed by atoms with E-state index in [1.54, 1.807) is 16.0 Å². The number of piperazine rings is 1. The molecule has 4 rings (SSSR count). The number of nitrogens with one attached hydrogen (secondary N) is 1. The molecule has 0 radical (unpaired) electrons. The second-order valence-electron chi connectivity index (χ2n) is 11.5. The lowest BCUT2D eigenvalue weighted by Crippen LogP contribution is -2.49. The number of anilines is 2. The molecular formula is C28H40N6O4. The third-order valence-corrected chi connectivity index (χ3v) is 6.47. The molecular weight excluding hydrogens is 484 g/mol. The molecule has 1 aromatic carbocycles. The molecule has 206 valence electrons. The lowest BCUT2D eigenvalue weighted by atomic mass is 10.1. The lowest BCUT2D eigenvalue weighted by Gasteiger charge is -2.35. The van der Waals surface area contributed by atoms with Crippen LogP contribution in [0.5, 0.6) is 0 Å².